The summed E-state index contributed by atoms with van der Waals surface area (Å²) in [5.74, 6) is -0.0774. The van der Waals surface area contributed by atoms with Gasteiger partial charge in [-0.25, -0.2) is 0 Å². The van der Waals surface area contributed by atoms with Crippen molar-refractivity contribution in [3.8, 4) is 5.75 Å². The Morgan fingerprint density at radius 2 is 2.07 bits per heavy atom. The highest BCUT2D eigenvalue weighted by atomic mass is 79.9. The van der Waals surface area contributed by atoms with Gasteiger partial charge in [0.25, 0.3) is 0 Å². The molecule has 0 aliphatic heterocycles. The van der Waals surface area contributed by atoms with E-state index >= 15 is 0 Å². The Hall–Kier alpha value is -0.000000000000000111. The number of halogens is 3. The number of phenols is 1. The summed E-state index contributed by atoms with van der Waals surface area (Å²) in [6.45, 7) is -0.236. The van der Waals surface area contributed by atoms with Crippen LogP contribution in [0, 0.1) is 0 Å². The molecule has 80 valence electrons. The van der Waals surface area contributed by atoms with Gasteiger partial charge in [-0.2, -0.15) is 0 Å². The van der Waals surface area contributed by atoms with E-state index in [1.807, 2.05) is 0 Å². The first-order valence-electron chi connectivity index (χ1n) is 3.60. The van der Waals surface area contributed by atoms with Crippen LogP contribution in [0.1, 0.15) is 11.6 Å². The van der Waals surface area contributed by atoms with Crippen molar-refractivity contribution in [2.75, 3.05) is 6.61 Å². The van der Waals surface area contributed by atoms with Crippen LogP contribution in [0.3, 0.4) is 0 Å². The number of aliphatic hydroxyl groups is 1. The number of hydrogen-bond acceptors (Lipinski definition) is 3. The van der Waals surface area contributed by atoms with Gasteiger partial charge in [0.1, 0.15) is 5.75 Å². The number of rotatable bonds is 2. The summed E-state index contributed by atoms with van der Waals surface area (Å²) in [5, 5.41) is 18.5. The first-order chi connectivity index (χ1) is 6.06. The smallest absolute Gasteiger partial charge is 0.139 e. The minimum Gasteiger partial charge on any atom is -0.506 e. The monoisotopic (exact) mass is 301 g/mol. The van der Waals surface area contributed by atoms with Crippen molar-refractivity contribution in [3.05, 3.63) is 27.2 Å². The number of phenolic OH excluding ortho intramolecular Hbond substituents is 1. The highest BCUT2D eigenvalue weighted by Gasteiger charge is 2.13. The Labute approximate surface area is 101 Å². The second-order valence-electron chi connectivity index (χ2n) is 2.61. The van der Waals surface area contributed by atoms with Gasteiger partial charge in [0, 0.05) is 10.0 Å². The standard InChI is InChI=1S/C8H9BrClNO2.ClH/c9-4-1-5(7(11)3-12)8(13)6(10)2-4;/h1-2,7,12-13H,3,11H2;1H/t7-;/m0./s1. The lowest BCUT2D eigenvalue weighted by Crippen LogP contribution is -2.14. The number of nitrogens with two attached hydrogens (primary N) is 1. The fourth-order valence-electron chi connectivity index (χ4n) is 0.967. The summed E-state index contributed by atoms with van der Waals surface area (Å²) in [6, 6.07) is 2.57. The summed E-state index contributed by atoms with van der Waals surface area (Å²) in [5.41, 5.74) is 5.98. The van der Waals surface area contributed by atoms with Crippen molar-refractivity contribution in [1.29, 1.82) is 0 Å². The molecule has 0 aromatic heterocycles. The molecular formula is C8H10BrCl2NO2. The van der Waals surface area contributed by atoms with Crippen LogP contribution >= 0.6 is 39.9 Å². The van der Waals surface area contributed by atoms with Crippen LogP contribution in [0.5, 0.6) is 5.75 Å². The number of benzene rings is 1. The van der Waals surface area contributed by atoms with Gasteiger partial charge in [-0.05, 0) is 12.1 Å². The highest BCUT2D eigenvalue weighted by molar-refractivity contribution is 9.10. The van der Waals surface area contributed by atoms with E-state index in [2.05, 4.69) is 15.9 Å². The van der Waals surface area contributed by atoms with Crippen molar-refractivity contribution < 1.29 is 10.2 Å². The quantitative estimate of drug-likeness (QED) is 0.785. The molecule has 0 unspecified atom stereocenters. The molecular weight excluding hydrogens is 293 g/mol. The average molecular weight is 303 g/mol. The first-order valence-corrected chi connectivity index (χ1v) is 4.77. The fourth-order valence-corrected chi connectivity index (χ4v) is 1.80. The first kappa shape index (κ1) is 14.0. The zero-order valence-electron chi connectivity index (χ0n) is 7.08. The van der Waals surface area contributed by atoms with E-state index in [0.29, 0.717) is 10.0 Å². The van der Waals surface area contributed by atoms with Gasteiger partial charge < -0.3 is 15.9 Å². The molecule has 4 N–H and O–H groups in total. The van der Waals surface area contributed by atoms with Gasteiger partial charge in [-0.15, -0.1) is 12.4 Å². The van der Waals surface area contributed by atoms with Gasteiger partial charge in [0.2, 0.25) is 0 Å². The maximum atomic E-state index is 9.48. The molecule has 0 fully saturated rings. The van der Waals surface area contributed by atoms with Crippen LogP contribution in [0.25, 0.3) is 0 Å². The van der Waals surface area contributed by atoms with Crippen molar-refractivity contribution in [1.82, 2.24) is 0 Å². The van der Waals surface area contributed by atoms with Crippen LogP contribution in [0.2, 0.25) is 5.02 Å². The summed E-state index contributed by atoms with van der Waals surface area (Å²) in [7, 11) is 0. The zero-order valence-corrected chi connectivity index (χ0v) is 10.2. The van der Waals surface area contributed by atoms with E-state index < -0.39 is 6.04 Å². The SMILES string of the molecule is Cl.N[C@@H](CO)c1cc(Br)cc(Cl)c1O. The summed E-state index contributed by atoms with van der Waals surface area (Å²) < 4.78 is 0.717. The van der Waals surface area contributed by atoms with Crippen molar-refractivity contribution in [3.63, 3.8) is 0 Å². The summed E-state index contributed by atoms with van der Waals surface area (Å²) in [4.78, 5) is 0. The summed E-state index contributed by atoms with van der Waals surface area (Å²) >= 11 is 8.91. The molecule has 0 bridgehead atoms. The van der Waals surface area contributed by atoms with E-state index in [1.165, 1.54) is 0 Å². The molecule has 0 amide bonds. The van der Waals surface area contributed by atoms with Gasteiger partial charge in [-0.1, -0.05) is 27.5 Å². The predicted molar refractivity (Wildman–Crippen MR) is 62.1 cm³/mol. The lowest BCUT2D eigenvalue weighted by Gasteiger charge is -2.12. The largest absolute Gasteiger partial charge is 0.506 e. The minimum atomic E-state index is -0.616. The molecule has 0 saturated heterocycles. The number of hydrogen-bond donors (Lipinski definition) is 3. The molecule has 14 heavy (non-hydrogen) atoms. The van der Waals surface area contributed by atoms with Crippen LogP contribution in [0.15, 0.2) is 16.6 Å². The van der Waals surface area contributed by atoms with Crippen molar-refractivity contribution in [2.24, 2.45) is 5.73 Å². The van der Waals surface area contributed by atoms with E-state index in [0.717, 1.165) is 0 Å². The van der Waals surface area contributed by atoms with Crippen molar-refractivity contribution in [2.45, 2.75) is 6.04 Å². The van der Waals surface area contributed by atoms with E-state index in [9.17, 15) is 5.11 Å². The van der Waals surface area contributed by atoms with Crippen molar-refractivity contribution >= 4 is 39.9 Å². The Bertz CT molecular complexity index is 322. The molecule has 0 aliphatic rings. The molecule has 0 heterocycles. The topological polar surface area (TPSA) is 66.5 Å². The molecule has 1 aromatic rings. The lowest BCUT2D eigenvalue weighted by atomic mass is 10.1. The molecule has 0 aliphatic carbocycles. The fraction of sp³-hybridized carbons (Fsp3) is 0.250. The molecule has 1 atom stereocenters. The molecule has 1 aromatic carbocycles. The third-order valence-corrected chi connectivity index (χ3v) is 2.40. The molecule has 0 radical (unpaired) electrons. The van der Waals surface area contributed by atoms with E-state index in [-0.39, 0.29) is 29.8 Å². The average Bonchev–Trinajstić information content (AvgIpc) is 2.10. The molecule has 3 nitrogen and oxygen atoms in total. The molecule has 0 saturated carbocycles. The normalized spacial score (nSPS) is 12.0. The van der Waals surface area contributed by atoms with Crippen LogP contribution in [-0.2, 0) is 0 Å². The van der Waals surface area contributed by atoms with Gasteiger partial charge in [0.15, 0.2) is 0 Å². The molecule has 6 heteroatoms. The number of aliphatic hydroxyl groups excluding tert-OH is 1. The Kier molecular flexibility index (Phi) is 5.78. The van der Waals surface area contributed by atoms with E-state index in [1.54, 1.807) is 12.1 Å². The van der Waals surface area contributed by atoms with Crippen LogP contribution < -0.4 is 5.73 Å². The third kappa shape index (κ3) is 3.00. The zero-order chi connectivity index (χ0) is 10.0. The Balaban J connectivity index is 0.00000169. The highest BCUT2D eigenvalue weighted by Crippen LogP contribution is 2.33. The third-order valence-electron chi connectivity index (χ3n) is 1.65. The van der Waals surface area contributed by atoms with Crippen LogP contribution in [-0.4, -0.2) is 16.8 Å². The maximum Gasteiger partial charge on any atom is 0.139 e. The Morgan fingerprint density at radius 1 is 1.50 bits per heavy atom. The number of aromatic hydroxyl groups is 1. The second kappa shape index (κ2) is 5.78. The molecule has 0 spiro atoms. The lowest BCUT2D eigenvalue weighted by molar-refractivity contribution is 0.265. The second-order valence-corrected chi connectivity index (χ2v) is 3.94. The van der Waals surface area contributed by atoms with Gasteiger partial charge in [-0.3, -0.25) is 0 Å². The van der Waals surface area contributed by atoms with Crippen LogP contribution in [0.4, 0.5) is 0 Å². The minimum absolute atomic E-state index is 0. The Morgan fingerprint density at radius 3 is 2.57 bits per heavy atom. The summed E-state index contributed by atoms with van der Waals surface area (Å²) in [6.07, 6.45) is 0. The maximum absolute atomic E-state index is 9.48. The molecule has 1 rings (SSSR count). The van der Waals surface area contributed by atoms with Gasteiger partial charge >= 0.3 is 0 Å². The predicted octanol–water partition coefficient (Wildman–Crippen LogP) is 2.22. The van der Waals surface area contributed by atoms with E-state index in [4.69, 9.17) is 22.4 Å². The van der Waals surface area contributed by atoms with Gasteiger partial charge in [0.05, 0.1) is 17.7 Å².